The number of halogens is 1. The van der Waals surface area contributed by atoms with Crippen LogP contribution in [0.3, 0.4) is 0 Å². The third-order valence-electron chi connectivity index (χ3n) is 2.53. The van der Waals surface area contributed by atoms with Gasteiger partial charge in [0.2, 0.25) is 0 Å². The maximum atomic E-state index is 12.2. The van der Waals surface area contributed by atoms with E-state index in [1.54, 1.807) is 42.5 Å². The molecule has 3 N–H and O–H groups in total. The highest BCUT2D eigenvalue weighted by molar-refractivity contribution is 6.31. The van der Waals surface area contributed by atoms with E-state index in [0.717, 1.165) is 5.82 Å². The molecular formula is C12H13ClN4O. The molecule has 2 rings (SSSR count). The highest BCUT2D eigenvalue weighted by atomic mass is 35.5. The van der Waals surface area contributed by atoms with Crippen molar-refractivity contribution in [1.29, 1.82) is 0 Å². The number of anilines is 1. The molecule has 1 amide bonds. The van der Waals surface area contributed by atoms with Gasteiger partial charge in [-0.1, -0.05) is 11.6 Å². The van der Waals surface area contributed by atoms with Crippen molar-refractivity contribution < 1.29 is 4.79 Å². The fraction of sp³-hybridized carbons (Fsp3) is 0.167. The van der Waals surface area contributed by atoms with Crippen molar-refractivity contribution in [2.24, 2.45) is 0 Å². The lowest BCUT2D eigenvalue weighted by Gasteiger charge is -2.17. The van der Waals surface area contributed by atoms with Crippen molar-refractivity contribution in [2.75, 3.05) is 12.8 Å². The normalized spacial score (nSPS) is 10.3. The first kappa shape index (κ1) is 12.4. The van der Waals surface area contributed by atoms with Crippen LogP contribution in [0.25, 0.3) is 0 Å². The Morgan fingerprint density at radius 3 is 2.94 bits per heavy atom. The Bertz CT molecular complexity index is 553. The number of nitrogens with two attached hydrogens (primary N) is 1. The summed E-state index contributed by atoms with van der Waals surface area (Å²) in [6.07, 6.45) is 3.36. The number of amides is 1. The van der Waals surface area contributed by atoms with Crippen LogP contribution in [0.4, 0.5) is 5.69 Å². The number of benzene rings is 1. The summed E-state index contributed by atoms with van der Waals surface area (Å²) < 4.78 is 0. The predicted molar refractivity (Wildman–Crippen MR) is 70.2 cm³/mol. The Kier molecular flexibility index (Phi) is 3.53. The molecule has 2 aromatic rings. The van der Waals surface area contributed by atoms with Gasteiger partial charge in [0, 0.05) is 30.2 Å². The van der Waals surface area contributed by atoms with Gasteiger partial charge >= 0.3 is 0 Å². The lowest BCUT2D eigenvalue weighted by molar-refractivity contribution is 0.0783. The molecule has 0 saturated heterocycles. The molecule has 18 heavy (non-hydrogen) atoms. The van der Waals surface area contributed by atoms with Gasteiger partial charge in [-0.2, -0.15) is 0 Å². The van der Waals surface area contributed by atoms with Crippen molar-refractivity contribution in [2.45, 2.75) is 6.54 Å². The number of hydrogen-bond donors (Lipinski definition) is 2. The van der Waals surface area contributed by atoms with Gasteiger partial charge in [-0.3, -0.25) is 4.79 Å². The molecule has 1 aromatic carbocycles. The number of H-pyrrole nitrogens is 1. The number of imidazole rings is 1. The first-order valence-electron chi connectivity index (χ1n) is 5.36. The molecule has 0 aliphatic rings. The topological polar surface area (TPSA) is 75.0 Å². The largest absolute Gasteiger partial charge is 0.398 e. The summed E-state index contributed by atoms with van der Waals surface area (Å²) in [5.74, 6) is 0.555. The van der Waals surface area contributed by atoms with E-state index in [-0.39, 0.29) is 5.91 Å². The van der Waals surface area contributed by atoms with Gasteiger partial charge in [-0.05, 0) is 18.2 Å². The van der Waals surface area contributed by atoms with E-state index < -0.39 is 0 Å². The molecule has 1 aromatic heterocycles. The van der Waals surface area contributed by atoms with Crippen molar-refractivity contribution in [3.05, 3.63) is 47.0 Å². The van der Waals surface area contributed by atoms with Crippen LogP contribution in [0.15, 0.2) is 30.6 Å². The molecule has 0 aliphatic carbocycles. The average molecular weight is 265 g/mol. The molecule has 6 heteroatoms. The Morgan fingerprint density at radius 1 is 1.56 bits per heavy atom. The number of aromatic nitrogens is 2. The van der Waals surface area contributed by atoms with E-state index in [2.05, 4.69) is 9.97 Å². The summed E-state index contributed by atoms with van der Waals surface area (Å²) in [5, 5.41) is 0.512. The summed E-state index contributed by atoms with van der Waals surface area (Å²) in [6.45, 7) is 0.397. The second kappa shape index (κ2) is 5.10. The number of carbonyl (C=O) groups is 1. The van der Waals surface area contributed by atoms with Crippen LogP contribution in [-0.2, 0) is 6.54 Å². The lowest BCUT2D eigenvalue weighted by Crippen LogP contribution is -2.27. The molecule has 94 valence electrons. The average Bonchev–Trinajstić information content (AvgIpc) is 2.81. The fourth-order valence-electron chi connectivity index (χ4n) is 1.61. The maximum absolute atomic E-state index is 12.2. The maximum Gasteiger partial charge on any atom is 0.256 e. The van der Waals surface area contributed by atoms with E-state index in [0.29, 0.717) is 22.8 Å². The van der Waals surface area contributed by atoms with Crippen molar-refractivity contribution in [1.82, 2.24) is 14.9 Å². The predicted octanol–water partition coefficient (Wildman–Crippen LogP) is 1.92. The zero-order valence-corrected chi connectivity index (χ0v) is 10.6. The minimum Gasteiger partial charge on any atom is -0.398 e. The van der Waals surface area contributed by atoms with Crippen LogP contribution >= 0.6 is 11.6 Å². The Labute approximate surface area is 110 Å². The SMILES string of the molecule is CN(Cc1ncc[nH]1)C(=O)c1ccc(Cl)cc1N. The molecule has 1 heterocycles. The number of nitrogen functional groups attached to an aromatic ring is 1. The van der Waals surface area contributed by atoms with E-state index in [9.17, 15) is 4.79 Å². The van der Waals surface area contributed by atoms with Crippen LogP contribution in [0, 0.1) is 0 Å². The third kappa shape index (κ3) is 2.62. The van der Waals surface area contributed by atoms with E-state index in [4.69, 9.17) is 17.3 Å². The van der Waals surface area contributed by atoms with Gasteiger partial charge in [0.25, 0.3) is 5.91 Å². The number of aromatic amines is 1. The zero-order valence-electron chi connectivity index (χ0n) is 9.85. The fourth-order valence-corrected chi connectivity index (χ4v) is 1.80. The van der Waals surface area contributed by atoms with Crippen LogP contribution in [0.2, 0.25) is 5.02 Å². The standard InChI is InChI=1S/C12H13ClN4O/c1-17(7-11-15-4-5-16-11)12(18)9-3-2-8(13)6-10(9)14/h2-6H,7,14H2,1H3,(H,15,16). The number of rotatable bonds is 3. The number of nitrogens with zero attached hydrogens (tertiary/aromatic N) is 2. The zero-order chi connectivity index (χ0) is 13.1. The summed E-state index contributed by atoms with van der Waals surface area (Å²) in [6, 6.07) is 4.83. The molecule has 0 saturated carbocycles. The minimum absolute atomic E-state index is 0.166. The van der Waals surface area contributed by atoms with Crippen LogP contribution in [0.5, 0.6) is 0 Å². The van der Waals surface area contributed by atoms with Crippen molar-refractivity contribution >= 4 is 23.2 Å². The van der Waals surface area contributed by atoms with E-state index >= 15 is 0 Å². The number of nitrogens with one attached hydrogen (secondary N) is 1. The van der Waals surface area contributed by atoms with E-state index in [1.807, 2.05) is 0 Å². The second-order valence-electron chi connectivity index (χ2n) is 3.93. The smallest absolute Gasteiger partial charge is 0.256 e. The third-order valence-corrected chi connectivity index (χ3v) is 2.77. The Morgan fingerprint density at radius 2 is 2.33 bits per heavy atom. The molecule has 5 nitrogen and oxygen atoms in total. The van der Waals surface area contributed by atoms with Gasteiger partial charge < -0.3 is 15.6 Å². The quantitative estimate of drug-likeness (QED) is 0.832. The van der Waals surface area contributed by atoms with Crippen molar-refractivity contribution in [3.8, 4) is 0 Å². The summed E-state index contributed by atoms with van der Waals surface area (Å²) in [5.41, 5.74) is 6.59. The summed E-state index contributed by atoms with van der Waals surface area (Å²) in [7, 11) is 1.69. The molecule has 0 aliphatic heterocycles. The minimum atomic E-state index is -0.166. The van der Waals surface area contributed by atoms with Crippen LogP contribution < -0.4 is 5.73 Å². The van der Waals surface area contributed by atoms with Crippen LogP contribution in [0.1, 0.15) is 16.2 Å². The Balaban J connectivity index is 2.15. The molecule has 0 atom stereocenters. The van der Waals surface area contributed by atoms with Crippen molar-refractivity contribution in [3.63, 3.8) is 0 Å². The molecule has 0 fully saturated rings. The molecule has 0 bridgehead atoms. The number of hydrogen-bond acceptors (Lipinski definition) is 3. The van der Waals surface area contributed by atoms with Gasteiger partial charge in [0.1, 0.15) is 5.82 Å². The van der Waals surface area contributed by atoms with E-state index in [1.165, 1.54) is 0 Å². The Hall–Kier alpha value is -2.01. The van der Waals surface area contributed by atoms with Gasteiger partial charge in [0.15, 0.2) is 0 Å². The molecule has 0 spiro atoms. The summed E-state index contributed by atoms with van der Waals surface area (Å²) in [4.78, 5) is 20.7. The highest BCUT2D eigenvalue weighted by Gasteiger charge is 2.15. The number of carbonyl (C=O) groups excluding carboxylic acids is 1. The first-order valence-corrected chi connectivity index (χ1v) is 5.74. The summed E-state index contributed by atoms with van der Waals surface area (Å²) >= 11 is 5.80. The first-order chi connectivity index (χ1) is 8.58. The van der Waals surface area contributed by atoms with Crippen LogP contribution in [-0.4, -0.2) is 27.8 Å². The molecular weight excluding hydrogens is 252 g/mol. The van der Waals surface area contributed by atoms with Gasteiger partial charge in [-0.25, -0.2) is 4.98 Å². The lowest BCUT2D eigenvalue weighted by atomic mass is 10.1. The highest BCUT2D eigenvalue weighted by Crippen LogP contribution is 2.19. The second-order valence-corrected chi connectivity index (χ2v) is 4.37. The molecule has 0 radical (unpaired) electrons. The molecule has 0 unspecified atom stereocenters. The monoisotopic (exact) mass is 264 g/mol. The van der Waals surface area contributed by atoms with Gasteiger partial charge in [-0.15, -0.1) is 0 Å². The van der Waals surface area contributed by atoms with Gasteiger partial charge in [0.05, 0.1) is 12.1 Å².